The van der Waals surface area contributed by atoms with Crippen molar-refractivity contribution in [3.63, 3.8) is 0 Å². The molecule has 4 aromatic carbocycles. The average molecular weight is 743 g/mol. The monoisotopic (exact) mass is 743 g/mol. The van der Waals surface area contributed by atoms with Gasteiger partial charge in [0.2, 0.25) is 0 Å². The van der Waals surface area contributed by atoms with Gasteiger partial charge in [0, 0.05) is 0 Å². The van der Waals surface area contributed by atoms with E-state index in [2.05, 4.69) is 113 Å². The van der Waals surface area contributed by atoms with E-state index in [9.17, 15) is 0 Å². The van der Waals surface area contributed by atoms with Gasteiger partial charge in [-0.25, -0.2) is 0 Å². The molecule has 2 aliphatic carbocycles. The molecule has 0 atom stereocenters. The lowest BCUT2D eigenvalue weighted by molar-refractivity contribution is -0.139. The molecule has 0 aromatic heterocycles. The minimum absolute atomic E-state index is 0.206. The summed E-state index contributed by atoms with van der Waals surface area (Å²) in [5.74, 6) is 3.38. The Bertz CT molecular complexity index is 1560. The zero-order valence-electron chi connectivity index (χ0n) is 34.8. The van der Waals surface area contributed by atoms with E-state index in [1.165, 1.54) is 158 Å². The van der Waals surface area contributed by atoms with Crippen molar-refractivity contribution in [2.75, 3.05) is 13.6 Å². The van der Waals surface area contributed by atoms with Gasteiger partial charge in [0.15, 0.2) is 0 Å². The Morgan fingerprint density at radius 3 is 1.18 bits per heavy atom. The third kappa shape index (κ3) is 12.4. The minimum Gasteiger partial charge on any atom is -0.351 e. The largest absolute Gasteiger partial charge is 0.351 e. The van der Waals surface area contributed by atoms with Gasteiger partial charge in [-0.2, -0.15) is 0 Å². The second-order valence-corrected chi connectivity index (χ2v) is 17.1. The van der Waals surface area contributed by atoms with Crippen LogP contribution in [-0.2, 0) is 27.4 Å². The molecule has 55 heavy (non-hydrogen) atoms. The van der Waals surface area contributed by atoms with Crippen molar-refractivity contribution in [3.8, 4) is 22.3 Å². The fourth-order valence-electron chi connectivity index (χ4n) is 9.36. The Labute approximate surface area is 334 Å². The molecule has 0 amide bonds. The van der Waals surface area contributed by atoms with Crippen LogP contribution in [0.5, 0.6) is 0 Å². The van der Waals surface area contributed by atoms with Crippen LogP contribution in [0.3, 0.4) is 0 Å². The van der Waals surface area contributed by atoms with E-state index in [0.29, 0.717) is 13.2 Å². The fourth-order valence-corrected chi connectivity index (χ4v) is 9.36. The summed E-state index contributed by atoms with van der Waals surface area (Å²) >= 11 is 0. The van der Waals surface area contributed by atoms with Gasteiger partial charge in [0.05, 0.1) is 13.2 Å². The molecule has 2 saturated carbocycles. The van der Waals surface area contributed by atoms with Gasteiger partial charge in [0.1, 0.15) is 13.6 Å². The lowest BCUT2D eigenvalue weighted by Crippen LogP contribution is -2.13. The number of benzene rings is 4. The maximum Gasteiger partial charge on any atom is 0.150 e. The zero-order chi connectivity index (χ0) is 38.2. The van der Waals surface area contributed by atoms with E-state index >= 15 is 0 Å². The number of ether oxygens (including phenoxy) is 3. The first-order valence-electron chi connectivity index (χ1n) is 22.1. The highest BCUT2D eigenvalue weighted by Crippen LogP contribution is 2.40. The predicted octanol–water partition coefficient (Wildman–Crippen LogP) is 15.0. The van der Waals surface area contributed by atoms with Crippen molar-refractivity contribution < 1.29 is 14.2 Å². The first-order chi connectivity index (χ1) is 27.0. The fraction of sp³-hybridized carbons (Fsp3) is 0.538. The van der Waals surface area contributed by atoms with Crippen molar-refractivity contribution in [2.45, 2.75) is 155 Å². The Balaban J connectivity index is 0.867. The number of hydrogen-bond donors (Lipinski definition) is 0. The molecule has 0 aliphatic heterocycles. The normalized spacial score (nSPS) is 20.1. The molecule has 3 heteroatoms. The second kappa shape index (κ2) is 21.9. The second-order valence-electron chi connectivity index (χ2n) is 17.1. The van der Waals surface area contributed by atoms with Gasteiger partial charge in [-0.15, -0.1) is 0 Å². The lowest BCUT2D eigenvalue weighted by Gasteiger charge is -2.29. The maximum atomic E-state index is 5.87. The topological polar surface area (TPSA) is 27.7 Å². The van der Waals surface area contributed by atoms with E-state index in [0.717, 1.165) is 23.7 Å². The van der Waals surface area contributed by atoms with Crippen LogP contribution < -0.4 is 0 Å². The summed E-state index contributed by atoms with van der Waals surface area (Å²) in [4.78, 5) is 0. The standard InChI is InChI=1S/C52H70O3/c1-5-7-9-11-41-13-17-43(18-14-41)45-21-25-47(26-22-45)49-29-31-51(39(3)33-49)35-53-37-55-38-54-36-52-32-30-50(34-40(52)4)48-27-23-46(24-28-48)44-19-15-42(16-20-44)12-10-8-6-2/h21-34,41-44H,5-20,35-38H2,1-4H3. The van der Waals surface area contributed by atoms with Gasteiger partial charge in [-0.1, -0.05) is 150 Å². The third-order valence-electron chi connectivity index (χ3n) is 13.1. The molecule has 0 radical (unpaired) electrons. The van der Waals surface area contributed by atoms with E-state index in [4.69, 9.17) is 14.2 Å². The number of rotatable bonds is 20. The Morgan fingerprint density at radius 1 is 0.436 bits per heavy atom. The highest BCUT2D eigenvalue weighted by molar-refractivity contribution is 5.66. The van der Waals surface area contributed by atoms with Crippen LogP contribution in [0.4, 0.5) is 0 Å². The Kier molecular flexibility index (Phi) is 16.5. The van der Waals surface area contributed by atoms with Crippen molar-refractivity contribution in [2.24, 2.45) is 11.8 Å². The first-order valence-corrected chi connectivity index (χ1v) is 22.1. The van der Waals surface area contributed by atoms with Crippen LogP contribution in [0.1, 0.15) is 162 Å². The molecule has 296 valence electrons. The predicted molar refractivity (Wildman–Crippen MR) is 231 cm³/mol. The summed E-state index contributed by atoms with van der Waals surface area (Å²) < 4.78 is 17.4. The molecular weight excluding hydrogens is 673 g/mol. The summed E-state index contributed by atoms with van der Waals surface area (Å²) in [6, 6.07) is 32.1. The summed E-state index contributed by atoms with van der Waals surface area (Å²) in [7, 11) is 0. The minimum atomic E-state index is 0.206. The molecule has 3 nitrogen and oxygen atoms in total. The first kappa shape index (κ1) is 41.4. The van der Waals surface area contributed by atoms with Crippen molar-refractivity contribution >= 4 is 0 Å². The third-order valence-corrected chi connectivity index (χ3v) is 13.1. The Morgan fingerprint density at radius 2 is 0.818 bits per heavy atom. The van der Waals surface area contributed by atoms with E-state index in [1.54, 1.807) is 0 Å². The van der Waals surface area contributed by atoms with Crippen molar-refractivity contribution in [3.05, 3.63) is 118 Å². The van der Waals surface area contributed by atoms with Gasteiger partial charge in [0.25, 0.3) is 0 Å². The molecule has 0 heterocycles. The molecule has 0 bridgehead atoms. The molecular formula is C52H70O3. The van der Waals surface area contributed by atoms with Crippen molar-refractivity contribution in [1.82, 2.24) is 0 Å². The highest BCUT2D eigenvalue weighted by Gasteiger charge is 2.23. The summed E-state index contributed by atoms with van der Waals surface area (Å²) in [6.45, 7) is 10.4. The van der Waals surface area contributed by atoms with Crippen LogP contribution in [0.2, 0.25) is 0 Å². The van der Waals surface area contributed by atoms with Crippen LogP contribution >= 0.6 is 0 Å². The summed E-state index contributed by atoms with van der Waals surface area (Å²) in [5.41, 5.74) is 13.0. The van der Waals surface area contributed by atoms with Crippen LogP contribution in [0.25, 0.3) is 22.3 Å². The molecule has 0 N–H and O–H groups in total. The number of hydrogen-bond acceptors (Lipinski definition) is 3. The zero-order valence-corrected chi connectivity index (χ0v) is 34.8. The van der Waals surface area contributed by atoms with Gasteiger partial charge < -0.3 is 14.2 Å². The molecule has 4 aromatic rings. The summed E-state index contributed by atoms with van der Waals surface area (Å²) in [5, 5.41) is 0. The quantitative estimate of drug-likeness (QED) is 0.0667. The molecule has 0 spiro atoms. The molecule has 2 fully saturated rings. The van der Waals surface area contributed by atoms with Gasteiger partial charge in [-0.05, 0) is 145 Å². The van der Waals surface area contributed by atoms with Crippen molar-refractivity contribution in [1.29, 1.82) is 0 Å². The highest BCUT2D eigenvalue weighted by atomic mass is 16.7. The van der Waals surface area contributed by atoms with Crippen LogP contribution in [0, 0.1) is 25.7 Å². The number of unbranched alkanes of at least 4 members (excludes halogenated alkanes) is 4. The SMILES string of the molecule is CCCCCC1CCC(c2ccc(-c3ccc(COCOCOCc4ccc(-c5ccc(C6CCC(CCCCC)CC6)cc5)cc4C)c(C)c3)cc2)CC1. The van der Waals surface area contributed by atoms with Gasteiger partial charge in [-0.3, -0.25) is 0 Å². The van der Waals surface area contributed by atoms with E-state index in [-0.39, 0.29) is 13.6 Å². The molecule has 0 saturated heterocycles. The van der Waals surface area contributed by atoms with Crippen LogP contribution in [0.15, 0.2) is 84.9 Å². The van der Waals surface area contributed by atoms with Crippen LogP contribution in [-0.4, -0.2) is 13.6 Å². The smallest absolute Gasteiger partial charge is 0.150 e. The molecule has 6 rings (SSSR count). The maximum absolute atomic E-state index is 5.87. The van der Waals surface area contributed by atoms with E-state index in [1.807, 2.05) is 0 Å². The molecule has 2 aliphatic rings. The average Bonchev–Trinajstić information content (AvgIpc) is 3.22. The Hall–Kier alpha value is -3.24. The number of aryl methyl sites for hydroxylation is 2. The van der Waals surface area contributed by atoms with E-state index < -0.39 is 0 Å². The lowest BCUT2D eigenvalue weighted by atomic mass is 9.77. The van der Waals surface area contributed by atoms with Gasteiger partial charge >= 0.3 is 0 Å². The summed E-state index contributed by atoms with van der Waals surface area (Å²) in [6.07, 6.45) is 22.2. The molecule has 0 unspecified atom stereocenters.